The second-order valence-electron chi connectivity index (χ2n) is 3.39. The molecule has 0 saturated carbocycles. The lowest BCUT2D eigenvalue weighted by molar-refractivity contribution is 0.192. The Bertz CT molecular complexity index is 223. The second kappa shape index (κ2) is 6.98. The van der Waals surface area contributed by atoms with E-state index in [1.54, 1.807) is 7.11 Å². The summed E-state index contributed by atoms with van der Waals surface area (Å²) in [4.78, 5) is 1.41. The highest BCUT2D eigenvalue weighted by atomic mass is 32.1. The fourth-order valence-electron chi connectivity index (χ4n) is 1.33. The van der Waals surface area contributed by atoms with E-state index in [4.69, 9.17) is 4.74 Å². The van der Waals surface area contributed by atoms with Crippen LogP contribution in [0.4, 0.5) is 0 Å². The molecule has 1 aromatic heterocycles. The SMILES string of the molecule is COCCCCN[C@H](C)c1cccs1. The van der Waals surface area contributed by atoms with Crippen molar-refractivity contribution in [2.45, 2.75) is 25.8 Å². The van der Waals surface area contributed by atoms with Gasteiger partial charge in [0.25, 0.3) is 0 Å². The predicted molar refractivity (Wildman–Crippen MR) is 61.8 cm³/mol. The van der Waals surface area contributed by atoms with Crippen LogP contribution < -0.4 is 5.32 Å². The Kier molecular flexibility index (Phi) is 5.83. The lowest BCUT2D eigenvalue weighted by atomic mass is 10.2. The van der Waals surface area contributed by atoms with Gasteiger partial charge in [0, 0.05) is 24.6 Å². The number of hydrogen-bond donors (Lipinski definition) is 1. The van der Waals surface area contributed by atoms with E-state index in [0.29, 0.717) is 6.04 Å². The summed E-state index contributed by atoms with van der Waals surface area (Å²) in [6.45, 7) is 4.15. The number of ether oxygens (including phenoxy) is 1. The molecule has 0 bridgehead atoms. The highest BCUT2D eigenvalue weighted by molar-refractivity contribution is 7.10. The summed E-state index contributed by atoms with van der Waals surface area (Å²) in [5, 5.41) is 5.62. The first-order valence-corrected chi connectivity index (χ1v) is 5.98. The van der Waals surface area contributed by atoms with Gasteiger partial charge in [0.1, 0.15) is 0 Å². The standard InChI is InChI=1S/C11H19NOS/c1-10(11-6-5-9-14-11)12-7-3-4-8-13-2/h5-6,9-10,12H,3-4,7-8H2,1-2H3/t10-/m1/s1. The Labute approximate surface area is 90.3 Å². The van der Waals surface area contributed by atoms with Gasteiger partial charge in [0.15, 0.2) is 0 Å². The minimum Gasteiger partial charge on any atom is -0.385 e. The van der Waals surface area contributed by atoms with Crippen LogP contribution in [0.25, 0.3) is 0 Å². The van der Waals surface area contributed by atoms with Crippen molar-refractivity contribution < 1.29 is 4.74 Å². The number of nitrogens with one attached hydrogen (secondary N) is 1. The van der Waals surface area contributed by atoms with Gasteiger partial charge in [-0.2, -0.15) is 0 Å². The molecule has 0 aromatic carbocycles. The first kappa shape index (κ1) is 11.7. The van der Waals surface area contributed by atoms with E-state index in [0.717, 1.165) is 19.6 Å². The number of methoxy groups -OCH3 is 1. The van der Waals surface area contributed by atoms with Crippen molar-refractivity contribution in [3.8, 4) is 0 Å². The van der Waals surface area contributed by atoms with Crippen LogP contribution in [0.2, 0.25) is 0 Å². The van der Waals surface area contributed by atoms with Crippen LogP contribution in [0.5, 0.6) is 0 Å². The van der Waals surface area contributed by atoms with E-state index < -0.39 is 0 Å². The van der Waals surface area contributed by atoms with E-state index in [1.165, 1.54) is 11.3 Å². The largest absolute Gasteiger partial charge is 0.385 e. The maximum atomic E-state index is 5.00. The summed E-state index contributed by atoms with van der Waals surface area (Å²) in [5.41, 5.74) is 0. The van der Waals surface area contributed by atoms with Crippen LogP contribution in [-0.4, -0.2) is 20.3 Å². The maximum Gasteiger partial charge on any atom is 0.0462 e. The van der Waals surface area contributed by atoms with E-state index >= 15 is 0 Å². The van der Waals surface area contributed by atoms with E-state index in [2.05, 4.69) is 29.8 Å². The third-order valence-corrected chi connectivity index (χ3v) is 3.25. The molecule has 0 fully saturated rings. The van der Waals surface area contributed by atoms with Gasteiger partial charge in [-0.1, -0.05) is 6.07 Å². The lowest BCUT2D eigenvalue weighted by Crippen LogP contribution is -2.19. The zero-order valence-corrected chi connectivity index (χ0v) is 9.77. The van der Waals surface area contributed by atoms with Crippen LogP contribution >= 0.6 is 11.3 Å². The summed E-state index contributed by atoms with van der Waals surface area (Å²) < 4.78 is 5.00. The number of rotatable bonds is 7. The molecule has 1 atom stereocenters. The van der Waals surface area contributed by atoms with Gasteiger partial charge < -0.3 is 10.1 Å². The van der Waals surface area contributed by atoms with E-state index in [9.17, 15) is 0 Å². The third-order valence-electron chi connectivity index (χ3n) is 2.20. The van der Waals surface area contributed by atoms with E-state index in [-0.39, 0.29) is 0 Å². The van der Waals surface area contributed by atoms with Gasteiger partial charge in [0.2, 0.25) is 0 Å². The third kappa shape index (κ3) is 4.22. The van der Waals surface area contributed by atoms with E-state index in [1.807, 2.05) is 11.3 Å². The summed E-state index contributed by atoms with van der Waals surface area (Å²) in [7, 11) is 1.75. The molecule has 80 valence electrons. The number of thiophene rings is 1. The first-order chi connectivity index (χ1) is 6.84. The summed E-state index contributed by atoms with van der Waals surface area (Å²) in [6.07, 6.45) is 2.32. The average Bonchev–Trinajstić information content (AvgIpc) is 2.70. The summed E-state index contributed by atoms with van der Waals surface area (Å²) in [5.74, 6) is 0. The van der Waals surface area contributed by atoms with Gasteiger partial charge in [0.05, 0.1) is 0 Å². The molecule has 3 heteroatoms. The van der Waals surface area contributed by atoms with Crippen molar-refractivity contribution in [2.75, 3.05) is 20.3 Å². The van der Waals surface area contributed by atoms with Crippen LogP contribution in [0.3, 0.4) is 0 Å². The minimum absolute atomic E-state index is 0.484. The van der Waals surface area contributed by atoms with Gasteiger partial charge in [-0.3, -0.25) is 0 Å². The molecule has 1 rings (SSSR count). The first-order valence-electron chi connectivity index (χ1n) is 5.10. The zero-order chi connectivity index (χ0) is 10.2. The van der Waals surface area contributed by atoms with Crippen molar-refractivity contribution >= 4 is 11.3 Å². The van der Waals surface area contributed by atoms with Crippen molar-refractivity contribution in [1.82, 2.24) is 5.32 Å². The molecule has 2 nitrogen and oxygen atoms in total. The van der Waals surface area contributed by atoms with Crippen molar-refractivity contribution in [3.05, 3.63) is 22.4 Å². The molecule has 0 aliphatic rings. The van der Waals surface area contributed by atoms with Crippen LogP contribution in [0.15, 0.2) is 17.5 Å². The highest BCUT2D eigenvalue weighted by Gasteiger charge is 2.03. The van der Waals surface area contributed by atoms with Gasteiger partial charge in [-0.15, -0.1) is 11.3 Å². The minimum atomic E-state index is 0.484. The summed E-state index contributed by atoms with van der Waals surface area (Å²) in [6, 6.07) is 4.76. The quantitative estimate of drug-likeness (QED) is 0.703. The molecule has 0 amide bonds. The maximum absolute atomic E-state index is 5.00. The molecular weight excluding hydrogens is 194 g/mol. The molecule has 0 aliphatic carbocycles. The van der Waals surface area contributed by atoms with Gasteiger partial charge >= 0.3 is 0 Å². The lowest BCUT2D eigenvalue weighted by Gasteiger charge is -2.11. The molecule has 0 unspecified atom stereocenters. The number of hydrogen-bond acceptors (Lipinski definition) is 3. The molecule has 1 N–H and O–H groups in total. The van der Waals surface area contributed by atoms with Crippen LogP contribution in [-0.2, 0) is 4.74 Å². The monoisotopic (exact) mass is 213 g/mol. The molecule has 0 spiro atoms. The Morgan fingerprint density at radius 1 is 1.50 bits per heavy atom. The highest BCUT2D eigenvalue weighted by Crippen LogP contribution is 2.17. The average molecular weight is 213 g/mol. The molecule has 14 heavy (non-hydrogen) atoms. The van der Waals surface area contributed by atoms with Crippen LogP contribution in [0, 0.1) is 0 Å². The van der Waals surface area contributed by atoms with Crippen molar-refractivity contribution in [3.63, 3.8) is 0 Å². The Morgan fingerprint density at radius 2 is 2.36 bits per heavy atom. The second-order valence-corrected chi connectivity index (χ2v) is 4.37. The molecule has 1 heterocycles. The van der Waals surface area contributed by atoms with Crippen molar-refractivity contribution in [1.29, 1.82) is 0 Å². The fourth-order valence-corrected chi connectivity index (χ4v) is 2.09. The fraction of sp³-hybridized carbons (Fsp3) is 0.636. The smallest absolute Gasteiger partial charge is 0.0462 e. The molecular formula is C11H19NOS. The molecule has 1 aromatic rings. The molecule has 0 saturated heterocycles. The van der Waals surface area contributed by atoms with Crippen molar-refractivity contribution in [2.24, 2.45) is 0 Å². The number of unbranched alkanes of at least 4 members (excludes halogenated alkanes) is 1. The molecule has 0 aliphatic heterocycles. The van der Waals surface area contributed by atoms with Gasteiger partial charge in [-0.05, 0) is 37.8 Å². The topological polar surface area (TPSA) is 21.3 Å². The predicted octanol–water partition coefficient (Wildman–Crippen LogP) is 2.83. The Morgan fingerprint density at radius 3 is 3.00 bits per heavy atom. The van der Waals surface area contributed by atoms with Gasteiger partial charge in [-0.25, -0.2) is 0 Å². The zero-order valence-electron chi connectivity index (χ0n) is 8.95. The Hall–Kier alpha value is -0.380. The molecule has 0 radical (unpaired) electrons. The Balaban J connectivity index is 2.07. The van der Waals surface area contributed by atoms with Crippen LogP contribution in [0.1, 0.15) is 30.7 Å². The normalized spacial score (nSPS) is 13.0. The summed E-state index contributed by atoms with van der Waals surface area (Å²) >= 11 is 1.81.